The van der Waals surface area contributed by atoms with Gasteiger partial charge >= 0.3 is 0 Å². The fraction of sp³-hybridized carbons (Fsp3) is 0.625. The van der Waals surface area contributed by atoms with Gasteiger partial charge in [0.15, 0.2) is 0 Å². The minimum absolute atomic E-state index is 0.720. The Morgan fingerprint density at radius 3 is 2.80 bits per heavy atom. The van der Waals surface area contributed by atoms with Crippen LogP contribution in [0, 0.1) is 24.2 Å². The van der Waals surface area contributed by atoms with Crippen molar-refractivity contribution in [2.45, 2.75) is 38.6 Å². The first-order valence-electron chi connectivity index (χ1n) is 7.63. The molecule has 4 nitrogen and oxygen atoms in total. The molecule has 0 radical (unpaired) electrons. The fourth-order valence-corrected chi connectivity index (χ4v) is 3.55. The molecule has 1 aromatic rings. The first-order chi connectivity index (χ1) is 9.79. The van der Waals surface area contributed by atoms with Gasteiger partial charge in [-0.3, -0.25) is 0 Å². The van der Waals surface area contributed by atoms with Gasteiger partial charge in [-0.15, -0.1) is 0 Å². The summed E-state index contributed by atoms with van der Waals surface area (Å²) >= 11 is 0. The highest BCUT2D eigenvalue weighted by Gasteiger charge is 2.29. The van der Waals surface area contributed by atoms with Crippen LogP contribution < -0.4 is 10.2 Å². The molecule has 0 spiro atoms. The zero-order valence-electron chi connectivity index (χ0n) is 12.1. The van der Waals surface area contributed by atoms with E-state index in [4.69, 9.17) is 0 Å². The number of nitriles is 1. The van der Waals surface area contributed by atoms with Gasteiger partial charge in [0.05, 0.1) is 5.56 Å². The van der Waals surface area contributed by atoms with Crippen LogP contribution >= 0.6 is 0 Å². The summed E-state index contributed by atoms with van der Waals surface area (Å²) in [4.78, 5) is 6.73. The lowest BCUT2D eigenvalue weighted by Gasteiger charge is -2.36. The molecule has 106 valence electrons. The SMILES string of the molecule is Cc1ccnc(N2CCC(C3CCCN3)CC2)c1C#N. The van der Waals surface area contributed by atoms with Crippen molar-refractivity contribution < 1.29 is 0 Å². The average molecular weight is 270 g/mol. The van der Waals surface area contributed by atoms with E-state index >= 15 is 0 Å². The second kappa shape index (κ2) is 5.80. The maximum absolute atomic E-state index is 9.33. The van der Waals surface area contributed by atoms with Crippen LogP contribution in [-0.2, 0) is 0 Å². The van der Waals surface area contributed by atoms with Crippen LogP contribution in [-0.4, -0.2) is 30.7 Å². The quantitative estimate of drug-likeness (QED) is 0.895. The van der Waals surface area contributed by atoms with Gasteiger partial charge in [-0.25, -0.2) is 4.98 Å². The third-order valence-electron chi connectivity index (χ3n) is 4.76. The Morgan fingerprint density at radius 1 is 1.35 bits per heavy atom. The van der Waals surface area contributed by atoms with E-state index in [1.54, 1.807) is 0 Å². The van der Waals surface area contributed by atoms with Crippen molar-refractivity contribution in [1.82, 2.24) is 10.3 Å². The third kappa shape index (κ3) is 2.51. The predicted molar refractivity (Wildman–Crippen MR) is 79.7 cm³/mol. The Hall–Kier alpha value is -1.60. The predicted octanol–water partition coefficient (Wildman–Crippen LogP) is 2.23. The van der Waals surface area contributed by atoms with Crippen molar-refractivity contribution in [2.24, 2.45) is 5.92 Å². The van der Waals surface area contributed by atoms with Crippen LogP contribution in [0.5, 0.6) is 0 Å². The van der Waals surface area contributed by atoms with Crippen molar-refractivity contribution in [3.63, 3.8) is 0 Å². The van der Waals surface area contributed by atoms with E-state index in [1.165, 1.54) is 32.2 Å². The van der Waals surface area contributed by atoms with Crippen LogP contribution in [0.3, 0.4) is 0 Å². The van der Waals surface area contributed by atoms with E-state index in [2.05, 4.69) is 21.3 Å². The lowest BCUT2D eigenvalue weighted by Crippen LogP contribution is -2.41. The molecule has 0 bridgehead atoms. The molecule has 1 N–H and O–H groups in total. The minimum atomic E-state index is 0.720. The van der Waals surface area contributed by atoms with Gasteiger partial charge in [0, 0.05) is 25.3 Å². The second-order valence-electron chi connectivity index (χ2n) is 5.97. The van der Waals surface area contributed by atoms with E-state index in [9.17, 15) is 5.26 Å². The number of hydrogen-bond donors (Lipinski definition) is 1. The van der Waals surface area contributed by atoms with E-state index in [0.717, 1.165) is 42.0 Å². The maximum Gasteiger partial charge on any atom is 0.146 e. The molecule has 4 heteroatoms. The molecule has 1 atom stereocenters. The van der Waals surface area contributed by atoms with E-state index in [1.807, 2.05) is 19.2 Å². The molecule has 0 aliphatic carbocycles. The molecule has 1 unspecified atom stereocenters. The van der Waals surface area contributed by atoms with Crippen LogP contribution in [0.4, 0.5) is 5.82 Å². The number of rotatable bonds is 2. The summed E-state index contributed by atoms with van der Waals surface area (Å²) in [5.74, 6) is 1.68. The van der Waals surface area contributed by atoms with Crippen molar-refractivity contribution >= 4 is 5.82 Å². The Morgan fingerprint density at radius 2 is 2.15 bits per heavy atom. The van der Waals surface area contributed by atoms with Crippen molar-refractivity contribution in [3.8, 4) is 6.07 Å². The standard InChI is InChI=1S/C16H22N4/c1-12-4-8-19-16(14(12)11-17)20-9-5-13(6-10-20)15-3-2-7-18-15/h4,8,13,15,18H,2-3,5-7,9-10H2,1H3. The molecule has 20 heavy (non-hydrogen) atoms. The molecule has 0 amide bonds. The van der Waals surface area contributed by atoms with Gasteiger partial charge < -0.3 is 10.2 Å². The molecule has 3 heterocycles. The van der Waals surface area contributed by atoms with Crippen LogP contribution in [0.1, 0.15) is 36.8 Å². The number of aromatic nitrogens is 1. The Bertz CT molecular complexity index is 506. The van der Waals surface area contributed by atoms with E-state index in [-0.39, 0.29) is 0 Å². The fourth-order valence-electron chi connectivity index (χ4n) is 3.55. The Kier molecular flexibility index (Phi) is 3.88. The summed E-state index contributed by atoms with van der Waals surface area (Å²) in [5.41, 5.74) is 1.77. The smallest absolute Gasteiger partial charge is 0.146 e. The van der Waals surface area contributed by atoms with E-state index in [0.29, 0.717) is 0 Å². The molecule has 1 aromatic heterocycles. The molecule has 2 aliphatic rings. The number of aryl methyl sites for hydroxylation is 1. The van der Waals surface area contributed by atoms with Crippen molar-refractivity contribution in [2.75, 3.05) is 24.5 Å². The normalized spacial score (nSPS) is 23.8. The van der Waals surface area contributed by atoms with Crippen LogP contribution in [0.15, 0.2) is 12.3 Å². The topological polar surface area (TPSA) is 52.0 Å². The van der Waals surface area contributed by atoms with Gasteiger partial charge in [0.1, 0.15) is 11.9 Å². The van der Waals surface area contributed by atoms with Gasteiger partial charge in [-0.2, -0.15) is 5.26 Å². The summed E-state index contributed by atoms with van der Waals surface area (Å²) in [6, 6.07) is 4.95. The first-order valence-corrected chi connectivity index (χ1v) is 7.63. The monoisotopic (exact) mass is 270 g/mol. The number of piperidine rings is 1. The summed E-state index contributed by atoms with van der Waals surface area (Å²) in [6.45, 7) is 5.21. The molecule has 3 rings (SSSR count). The summed E-state index contributed by atoms with van der Waals surface area (Å²) < 4.78 is 0. The molecule has 2 saturated heterocycles. The summed E-state index contributed by atoms with van der Waals surface area (Å²) in [5, 5.41) is 13.0. The molecular formula is C16H22N4. The Labute approximate surface area is 120 Å². The number of nitrogens with zero attached hydrogens (tertiary/aromatic N) is 3. The molecule has 0 saturated carbocycles. The third-order valence-corrected chi connectivity index (χ3v) is 4.76. The highest BCUT2D eigenvalue weighted by Crippen LogP contribution is 2.29. The average Bonchev–Trinajstić information content (AvgIpc) is 3.01. The zero-order chi connectivity index (χ0) is 13.9. The molecule has 0 aromatic carbocycles. The van der Waals surface area contributed by atoms with E-state index < -0.39 is 0 Å². The van der Waals surface area contributed by atoms with Crippen LogP contribution in [0.25, 0.3) is 0 Å². The number of anilines is 1. The lowest BCUT2D eigenvalue weighted by molar-refractivity contribution is 0.318. The second-order valence-corrected chi connectivity index (χ2v) is 5.97. The van der Waals surface area contributed by atoms with Gasteiger partial charge in [0.2, 0.25) is 0 Å². The first kappa shape index (κ1) is 13.4. The lowest BCUT2D eigenvalue weighted by atomic mass is 9.88. The zero-order valence-corrected chi connectivity index (χ0v) is 12.1. The van der Waals surface area contributed by atoms with Gasteiger partial charge in [-0.1, -0.05) is 0 Å². The largest absolute Gasteiger partial charge is 0.355 e. The van der Waals surface area contributed by atoms with Gasteiger partial charge in [-0.05, 0) is 56.7 Å². The summed E-state index contributed by atoms with van der Waals surface area (Å²) in [6.07, 6.45) is 6.88. The Balaban J connectivity index is 1.69. The maximum atomic E-state index is 9.33. The molecule has 2 fully saturated rings. The van der Waals surface area contributed by atoms with Crippen molar-refractivity contribution in [1.29, 1.82) is 5.26 Å². The molecular weight excluding hydrogens is 248 g/mol. The van der Waals surface area contributed by atoms with Crippen molar-refractivity contribution in [3.05, 3.63) is 23.4 Å². The molecule has 2 aliphatic heterocycles. The highest BCUT2D eigenvalue weighted by molar-refractivity contribution is 5.57. The number of nitrogens with one attached hydrogen (secondary N) is 1. The van der Waals surface area contributed by atoms with Gasteiger partial charge in [0.25, 0.3) is 0 Å². The highest BCUT2D eigenvalue weighted by atomic mass is 15.2. The summed E-state index contributed by atoms with van der Waals surface area (Å²) in [7, 11) is 0. The minimum Gasteiger partial charge on any atom is -0.355 e. The number of hydrogen-bond acceptors (Lipinski definition) is 4. The van der Waals surface area contributed by atoms with Crippen LogP contribution in [0.2, 0.25) is 0 Å². The number of pyridine rings is 1.